The zero-order chi connectivity index (χ0) is 18.1. The summed E-state index contributed by atoms with van der Waals surface area (Å²) in [6, 6.07) is 0. The Hall–Kier alpha value is -0.120. The molecule has 0 heterocycles. The Morgan fingerprint density at radius 1 is 1.22 bits per heavy atom. The van der Waals surface area contributed by atoms with E-state index in [-0.39, 0.29) is 18.4 Å². The predicted octanol–water partition coefficient (Wildman–Crippen LogP) is 1.26. The number of hydrogen-bond donors (Lipinski definition) is 1. The van der Waals surface area contributed by atoms with Gasteiger partial charge in [0.2, 0.25) is 6.10 Å². The van der Waals surface area contributed by atoms with Gasteiger partial charge in [0.1, 0.15) is 18.5 Å². The summed E-state index contributed by atoms with van der Waals surface area (Å²) < 4.78 is 35.4. The number of halogens is 3. The van der Waals surface area contributed by atoms with Crippen molar-refractivity contribution in [3.8, 4) is 0 Å². The van der Waals surface area contributed by atoms with Crippen LogP contribution in [-0.2, 0) is 37.2 Å². The largest absolute Gasteiger partial charge is 0.462 e. The molecule has 0 saturated heterocycles. The molecule has 0 bridgehead atoms. The average Bonchev–Trinajstić information content (AvgIpc) is 2.54. The molecule has 13 heteroatoms. The van der Waals surface area contributed by atoms with Gasteiger partial charge in [-0.25, -0.2) is 9.59 Å². The van der Waals surface area contributed by atoms with Gasteiger partial charge in [-0.15, -0.1) is 23.2 Å². The fraction of sp³-hybridized carbons (Fsp3) is 0.800. The Morgan fingerprint density at radius 2 is 1.78 bits per heavy atom. The first-order valence-corrected chi connectivity index (χ1v) is 8.91. The van der Waals surface area contributed by atoms with Crippen molar-refractivity contribution < 1.29 is 42.1 Å². The predicted molar refractivity (Wildman–Crippen MR) is 80.7 cm³/mol. The molecule has 0 saturated carbocycles. The zero-order valence-corrected chi connectivity index (χ0v) is 15.4. The number of carbonyl (C=O) groups is 2. The van der Waals surface area contributed by atoms with Gasteiger partial charge in [0, 0.05) is 20.1 Å². The van der Waals surface area contributed by atoms with Crippen molar-refractivity contribution >= 4 is 54.6 Å². The molecule has 0 amide bonds. The van der Waals surface area contributed by atoms with Gasteiger partial charge in [0.15, 0.2) is 0 Å². The Morgan fingerprint density at radius 3 is 2.17 bits per heavy atom. The summed E-state index contributed by atoms with van der Waals surface area (Å²) >= 11 is 15.8. The fourth-order valence-electron chi connectivity index (χ4n) is 1.62. The van der Waals surface area contributed by atoms with E-state index in [4.69, 9.17) is 49.3 Å². The second-order valence-electron chi connectivity index (χ2n) is 3.78. The van der Waals surface area contributed by atoms with Gasteiger partial charge in [-0.05, 0) is 0 Å². The van der Waals surface area contributed by atoms with E-state index in [9.17, 15) is 19.0 Å². The number of esters is 1. The summed E-state index contributed by atoms with van der Waals surface area (Å²) in [4.78, 5) is 34.2. The zero-order valence-electron chi connectivity index (χ0n) is 12.2. The van der Waals surface area contributed by atoms with E-state index in [1.165, 1.54) is 0 Å². The third-order valence-corrected chi connectivity index (χ3v) is 4.98. The number of methoxy groups -OCH3 is 2. The molecule has 0 spiro atoms. The monoisotopic (exact) mass is 416 g/mol. The van der Waals surface area contributed by atoms with Gasteiger partial charge in [0.25, 0.3) is 0 Å². The highest BCUT2D eigenvalue weighted by atomic mass is 35.5. The molecule has 136 valence electrons. The molecule has 1 N–H and O–H groups in total. The van der Waals surface area contributed by atoms with E-state index in [0.717, 1.165) is 14.2 Å². The van der Waals surface area contributed by atoms with Crippen LogP contribution in [0.2, 0.25) is 0 Å². The van der Waals surface area contributed by atoms with E-state index >= 15 is 0 Å². The highest BCUT2D eigenvalue weighted by Gasteiger charge is 2.66. The SMILES string of the molecule is COC(C(=O)OCCCl)C(OC)(C(=O)OCl)P(=O)(O)OCCCl. The molecule has 0 rings (SSSR count). The molecule has 0 radical (unpaired) electrons. The first-order chi connectivity index (χ1) is 10.8. The Bertz CT molecular complexity index is 449. The van der Waals surface area contributed by atoms with Crippen LogP contribution < -0.4 is 0 Å². The lowest BCUT2D eigenvalue weighted by Crippen LogP contribution is -2.56. The van der Waals surface area contributed by atoms with Crippen molar-refractivity contribution in [2.75, 3.05) is 39.2 Å². The van der Waals surface area contributed by atoms with Crippen LogP contribution in [0.4, 0.5) is 0 Å². The molecule has 0 aliphatic heterocycles. The smallest absolute Gasteiger partial charge is 0.374 e. The minimum atomic E-state index is -5.01. The van der Waals surface area contributed by atoms with Gasteiger partial charge < -0.3 is 27.9 Å². The van der Waals surface area contributed by atoms with E-state index in [2.05, 4.69) is 8.81 Å². The van der Waals surface area contributed by atoms with E-state index < -0.39 is 37.6 Å². The normalized spacial score (nSPS) is 17.7. The van der Waals surface area contributed by atoms with Crippen molar-refractivity contribution in [3.63, 3.8) is 0 Å². The van der Waals surface area contributed by atoms with Gasteiger partial charge in [-0.2, -0.15) is 0 Å². The van der Waals surface area contributed by atoms with Crippen LogP contribution in [0.15, 0.2) is 0 Å². The molecule has 3 atom stereocenters. The molecular formula is C10H16Cl3O9P. The molecule has 0 aromatic heterocycles. The van der Waals surface area contributed by atoms with Crippen LogP contribution >= 0.6 is 42.7 Å². The minimum absolute atomic E-state index is 0.0539. The van der Waals surface area contributed by atoms with Crippen LogP contribution in [0.25, 0.3) is 0 Å². The molecule has 0 fully saturated rings. The summed E-state index contributed by atoms with van der Waals surface area (Å²) in [5.74, 6) is -3.02. The molecule has 0 aromatic rings. The van der Waals surface area contributed by atoms with Crippen molar-refractivity contribution in [1.29, 1.82) is 0 Å². The first-order valence-electron chi connectivity index (χ1n) is 5.96. The van der Waals surface area contributed by atoms with Gasteiger partial charge >= 0.3 is 24.9 Å². The third-order valence-electron chi connectivity index (χ3n) is 2.56. The van der Waals surface area contributed by atoms with Crippen LogP contribution in [0.3, 0.4) is 0 Å². The molecule has 9 nitrogen and oxygen atoms in total. The van der Waals surface area contributed by atoms with E-state index in [1.807, 2.05) is 0 Å². The summed E-state index contributed by atoms with van der Waals surface area (Å²) in [6.45, 7) is -0.669. The number of alkyl halides is 2. The Kier molecular flexibility index (Phi) is 10.6. The van der Waals surface area contributed by atoms with Crippen molar-refractivity contribution in [2.45, 2.75) is 11.4 Å². The molecular weight excluding hydrogens is 401 g/mol. The third kappa shape index (κ3) is 5.17. The standard InChI is InChI=1S/C10H16Cl3O9P/c1-18-7(8(14)20-5-3-11)10(19-2,9(15)22-13)23(16,17)21-6-4-12/h7H,3-6H2,1-2H3,(H,16,17). The highest BCUT2D eigenvalue weighted by molar-refractivity contribution is 7.55. The summed E-state index contributed by atoms with van der Waals surface area (Å²) in [5, 5.41) is -2.92. The quantitative estimate of drug-likeness (QED) is 0.301. The highest BCUT2D eigenvalue weighted by Crippen LogP contribution is 2.59. The fourth-order valence-corrected chi connectivity index (χ4v) is 3.59. The lowest BCUT2D eigenvalue weighted by molar-refractivity contribution is -0.181. The van der Waals surface area contributed by atoms with Gasteiger partial charge in [-0.3, -0.25) is 4.57 Å². The lowest BCUT2D eigenvalue weighted by atomic mass is 10.2. The maximum atomic E-state index is 12.5. The first kappa shape index (κ1) is 22.9. The number of carbonyl (C=O) groups excluding carboxylic acids is 2. The maximum absolute atomic E-state index is 12.5. The molecule has 0 aromatic carbocycles. The Balaban J connectivity index is 5.95. The lowest BCUT2D eigenvalue weighted by Gasteiger charge is -2.35. The van der Waals surface area contributed by atoms with Crippen LogP contribution in [0.5, 0.6) is 0 Å². The number of rotatable bonds is 11. The summed E-state index contributed by atoms with van der Waals surface area (Å²) in [6.07, 6.45) is -2.02. The van der Waals surface area contributed by atoms with Crippen molar-refractivity contribution in [1.82, 2.24) is 0 Å². The summed E-state index contributed by atoms with van der Waals surface area (Å²) in [7, 11) is -3.17. The molecule has 3 unspecified atom stereocenters. The number of ether oxygens (including phenoxy) is 3. The second-order valence-corrected chi connectivity index (χ2v) is 6.65. The van der Waals surface area contributed by atoms with Crippen LogP contribution in [0.1, 0.15) is 0 Å². The van der Waals surface area contributed by atoms with E-state index in [1.54, 1.807) is 0 Å². The van der Waals surface area contributed by atoms with Crippen LogP contribution in [-0.4, -0.2) is 67.5 Å². The molecule has 0 aliphatic rings. The van der Waals surface area contributed by atoms with Gasteiger partial charge in [-0.1, -0.05) is 0 Å². The van der Waals surface area contributed by atoms with Gasteiger partial charge in [0.05, 0.1) is 12.5 Å². The van der Waals surface area contributed by atoms with Crippen molar-refractivity contribution in [2.24, 2.45) is 0 Å². The number of hydrogen-bond acceptors (Lipinski definition) is 8. The van der Waals surface area contributed by atoms with Crippen molar-refractivity contribution in [3.05, 3.63) is 0 Å². The minimum Gasteiger partial charge on any atom is -0.462 e. The van der Waals surface area contributed by atoms with E-state index in [0.29, 0.717) is 0 Å². The summed E-state index contributed by atoms with van der Waals surface area (Å²) in [5.41, 5.74) is 0. The molecule has 0 aliphatic carbocycles. The topological polar surface area (TPSA) is 118 Å². The maximum Gasteiger partial charge on any atom is 0.374 e. The second kappa shape index (κ2) is 10.7. The molecule has 23 heavy (non-hydrogen) atoms. The Labute approximate surface area is 147 Å². The van der Waals surface area contributed by atoms with Crippen LogP contribution in [0, 0.1) is 0 Å². The average molecular weight is 418 g/mol.